The number of nitrogens with zero attached hydrogens (tertiary/aromatic N) is 5. The van der Waals surface area contributed by atoms with Crippen LogP contribution in [0.2, 0.25) is 5.15 Å². The van der Waals surface area contributed by atoms with Gasteiger partial charge in [-0.2, -0.15) is 0 Å². The highest BCUT2D eigenvalue weighted by Gasteiger charge is 2.21. The molecule has 5 rings (SSSR count). The molecule has 31 heavy (non-hydrogen) atoms. The Morgan fingerprint density at radius 1 is 0.968 bits per heavy atom. The van der Waals surface area contributed by atoms with Crippen molar-refractivity contribution in [1.29, 1.82) is 0 Å². The quantitative estimate of drug-likeness (QED) is 0.505. The minimum atomic E-state index is -2.90. The second-order valence-electron chi connectivity index (χ2n) is 7.26. The smallest absolute Gasteiger partial charge is 0.227 e. The molecule has 10 heteroatoms. The second kappa shape index (κ2) is 7.82. The molecule has 1 saturated heterocycles. The molecule has 1 aliphatic rings. The molecule has 0 bridgehead atoms. The third-order valence-corrected chi connectivity index (χ3v) is 7.09. The van der Waals surface area contributed by atoms with E-state index in [0.717, 1.165) is 17.0 Å². The number of imidazole rings is 1. The second-order valence-corrected chi connectivity index (χ2v) is 9.92. The minimum Gasteiger partial charge on any atom is -0.369 e. The van der Waals surface area contributed by atoms with Crippen LogP contribution in [-0.2, 0) is 9.84 Å². The van der Waals surface area contributed by atoms with Crippen molar-refractivity contribution in [3.63, 3.8) is 0 Å². The molecular formula is C21H19ClN6O2S. The molecule has 1 fully saturated rings. The Morgan fingerprint density at radius 3 is 2.52 bits per heavy atom. The number of hydrogen-bond acceptors (Lipinski definition) is 7. The van der Waals surface area contributed by atoms with E-state index in [9.17, 15) is 8.42 Å². The zero-order chi connectivity index (χ0) is 21.4. The van der Waals surface area contributed by atoms with E-state index in [-0.39, 0.29) is 11.5 Å². The molecule has 0 atom stereocenters. The molecule has 0 amide bonds. The predicted molar refractivity (Wildman–Crippen MR) is 122 cm³/mol. The van der Waals surface area contributed by atoms with Crippen LogP contribution in [0.25, 0.3) is 17.0 Å². The Balaban J connectivity index is 1.36. The van der Waals surface area contributed by atoms with Crippen molar-refractivity contribution in [1.82, 2.24) is 19.4 Å². The van der Waals surface area contributed by atoms with Crippen molar-refractivity contribution in [3.8, 4) is 11.4 Å². The van der Waals surface area contributed by atoms with E-state index in [1.807, 2.05) is 53.1 Å². The van der Waals surface area contributed by atoms with Gasteiger partial charge in [0.15, 0.2) is 15.0 Å². The molecule has 3 aromatic heterocycles. The lowest BCUT2D eigenvalue weighted by Gasteiger charge is -2.28. The van der Waals surface area contributed by atoms with Gasteiger partial charge in [-0.25, -0.2) is 23.4 Å². The van der Waals surface area contributed by atoms with Gasteiger partial charge >= 0.3 is 0 Å². The Kier molecular flexibility index (Phi) is 4.99. The maximum atomic E-state index is 11.6. The van der Waals surface area contributed by atoms with Gasteiger partial charge in [0.25, 0.3) is 0 Å². The molecule has 0 saturated carbocycles. The lowest BCUT2D eigenvalue weighted by atomic mass is 10.2. The zero-order valence-corrected chi connectivity index (χ0v) is 18.0. The lowest BCUT2D eigenvalue weighted by molar-refractivity contribution is 0.587. The summed E-state index contributed by atoms with van der Waals surface area (Å²) in [5.41, 5.74) is 3.93. The first-order chi connectivity index (χ1) is 15.0. The normalized spacial score (nSPS) is 15.8. The highest BCUT2D eigenvalue weighted by Crippen LogP contribution is 2.28. The summed E-state index contributed by atoms with van der Waals surface area (Å²) in [5, 5.41) is 3.59. The lowest BCUT2D eigenvalue weighted by Crippen LogP contribution is -2.40. The molecule has 158 valence electrons. The average Bonchev–Trinajstić information content (AvgIpc) is 3.10. The standard InChI is InChI=1S/C21H19ClN6O2S/c22-20-19(28-10-2-1-3-18(28)26-20)17-8-9-23-21(25-17)24-15-4-6-16(7-5-15)27-11-13-31(29,30)14-12-27/h1-10H,11-14H2,(H,23,24,25). The summed E-state index contributed by atoms with van der Waals surface area (Å²) in [7, 11) is -2.90. The predicted octanol–water partition coefficient (Wildman–Crippen LogP) is 3.42. The number of pyridine rings is 1. The Morgan fingerprint density at radius 2 is 1.74 bits per heavy atom. The number of fused-ring (bicyclic) bond motifs is 1. The molecule has 4 heterocycles. The van der Waals surface area contributed by atoms with Crippen molar-refractivity contribution >= 4 is 44.4 Å². The highest BCUT2D eigenvalue weighted by atomic mass is 35.5. The molecule has 1 aromatic carbocycles. The van der Waals surface area contributed by atoms with Crippen molar-refractivity contribution in [2.24, 2.45) is 0 Å². The number of nitrogens with one attached hydrogen (secondary N) is 1. The van der Waals surface area contributed by atoms with E-state index in [1.54, 1.807) is 12.3 Å². The first-order valence-corrected chi connectivity index (χ1v) is 12.0. The molecule has 0 radical (unpaired) electrons. The number of halogens is 1. The van der Waals surface area contributed by atoms with Crippen LogP contribution in [0.3, 0.4) is 0 Å². The monoisotopic (exact) mass is 454 g/mol. The molecule has 8 nitrogen and oxygen atoms in total. The number of aromatic nitrogens is 4. The van der Waals surface area contributed by atoms with Crippen LogP contribution in [0, 0.1) is 0 Å². The molecule has 0 unspecified atom stereocenters. The van der Waals surface area contributed by atoms with Crippen LogP contribution < -0.4 is 10.2 Å². The van der Waals surface area contributed by atoms with Crippen LogP contribution in [0.1, 0.15) is 0 Å². The number of benzene rings is 1. The number of sulfone groups is 1. The van der Waals surface area contributed by atoms with E-state index in [2.05, 4.69) is 25.2 Å². The Labute approximate surface area is 184 Å². The van der Waals surface area contributed by atoms with Gasteiger partial charge in [0.05, 0.1) is 17.2 Å². The van der Waals surface area contributed by atoms with Gasteiger partial charge in [0.1, 0.15) is 11.3 Å². The van der Waals surface area contributed by atoms with Gasteiger partial charge in [-0.1, -0.05) is 17.7 Å². The summed E-state index contributed by atoms with van der Waals surface area (Å²) in [6.45, 7) is 1.03. The summed E-state index contributed by atoms with van der Waals surface area (Å²) in [6, 6.07) is 15.3. The zero-order valence-electron chi connectivity index (χ0n) is 16.4. The van der Waals surface area contributed by atoms with Crippen molar-refractivity contribution < 1.29 is 8.42 Å². The van der Waals surface area contributed by atoms with Gasteiger partial charge in [0, 0.05) is 36.9 Å². The van der Waals surface area contributed by atoms with E-state index >= 15 is 0 Å². The molecule has 1 aliphatic heterocycles. The summed E-state index contributed by atoms with van der Waals surface area (Å²) >= 11 is 6.37. The van der Waals surface area contributed by atoms with Crippen LogP contribution in [0.5, 0.6) is 0 Å². The molecular weight excluding hydrogens is 436 g/mol. The first kappa shape index (κ1) is 19.8. The first-order valence-electron chi connectivity index (χ1n) is 9.77. The van der Waals surface area contributed by atoms with Crippen molar-refractivity contribution in [2.75, 3.05) is 34.8 Å². The number of hydrogen-bond donors (Lipinski definition) is 1. The third kappa shape index (κ3) is 4.06. The average molecular weight is 455 g/mol. The highest BCUT2D eigenvalue weighted by molar-refractivity contribution is 7.91. The Bertz CT molecular complexity index is 1340. The van der Waals surface area contributed by atoms with E-state index in [0.29, 0.717) is 35.6 Å². The van der Waals surface area contributed by atoms with E-state index in [4.69, 9.17) is 11.6 Å². The summed E-state index contributed by atoms with van der Waals surface area (Å²) in [5.74, 6) is 0.829. The summed E-state index contributed by atoms with van der Waals surface area (Å²) in [6.07, 6.45) is 3.56. The SMILES string of the molecule is O=S1(=O)CCN(c2ccc(Nc3nccc(-c4c(Cl)nc5ccccn45)n3)cc2)CC1. The van der Waals surface area contributed by atoms with Gasteiger partial charge in [-0.15, -0.1) is 0 Å². The fourth-order valence-corrected chi connectivity index (χ4v) is 5.08. The largest absolute Gasteiger partial charge is 0.369 e. The molecule has 4 aromatic rings. The van der Waals surface area contributed by atoms with Crippen molar-refractivity contribution in [3.05, 3.63) is 66.1 Å². The third-order valence-electron chi connectivity index (χ3n) is 5.22. The number of anilines is 3. The fourth-order valence-electron chi connectivity index (χ4n) is 3.60. The Hall–Kier alpha value is -3.17. The van der Waals surface area contributed by atoms with Gasteiger partial charge in [-0.05, 0) is 42.5 Å². The molecule has 0 spiro atoms. The van der Waals surface area contributed by atoms with Gasteiger partial charge in [0.2, 0.25) is 5.95 Å². The number of rotatable bonds is 4. The topological polar surface area (TPSA) is 92.5 Å². The van der Waals surface area contributed by atoms with Crippen LogP contribution in [0.15, 0.2) is 60.9 Å². The minimum absolute atomic E-state index is 0.194. The molecule has 0 aliphatic carbocycles. The van der Waals surface area contributed by atoms with Crippen molar-refractivity contribution in [2.45, 2.75) is 0 Å². The van der Waals surface area contributed by atoms with E-state index < -0.39 is 9.84 Å². The summed E-state index contributed by atoms with van der Waals surface area (Å²) in [4.78, 5) is 15.4. The maximum absolute atomic E-state index is 11.6. The fraction of sp³-hybridized carbons (Fsp3) is 0.190. The maximum Gasteiger partial charge on any atom is 0.227 e. The van der Waals surface area contributed by atoms with Gasteiger partial charge in [-0.3, -0.25) is 4.40 Å². The van der Waals surface area contributed by atoms with E-state index in [1.165, 1.54) is 0 Å². The van der Waals surface area contributed by atoms with Gasteiger partial charge < -0.3 is 10.2 Å². The summed E-state index contributed by atoms with van der Waals surface area (Å²) < 4.78 is 25.1. The van der Waals surface area contributed by atoms with Crippen LogP contribution in [-0.4, -0.2) is 52.4 Å². The van der Waals surface area contributed by atoms with Crippen LogP contribution in [0.4, 0.5) is 17.3 Å². The van der Waals surface area contributed by atoms with Crippen LogP contribution >= 0.6 is 11.6 Å². The molecule has 1 N–H and O–H groups in total.